The second-order valence-electron chi connectivity index (χ2n) is 3.96. The Morgan fingerprint density at radius 3 is 3.06 bits per heavy atom. The molecule has 1 unspecified atom stereocenters. The fraction of sp³-hybridized carbons (Fsp3) is 0.417. The van der Waals surface area contributed by atoms with E-state index in [1.165, 1.54) is 0 Å². The SMILES string of the molecule is CNCCC(N)c1ccc2oc(C)nc2c1. The van der Waals surface area contributed by atoms with E-state index in [9.17, 15) is 0 Å². The molecule has 4 nitrogen and oxygen atoms in total. The first-order chi connectivity index (χ1) is 7.70. The topological polar surface area (TPSA) is 64.1 Å². The average Bonchev–Trinajstić information content (AvgIpc) is 2.64. The maximum absolute atomic E-state index is 6.08. The highest BCUT2D eigenvalue weighted by molar-refractivity contribution is 5.73. The Morgan fingerprint density at radius 2 is 2.31 bits per heavy atom. The number of aromatic nitrogens is 1. The molecule has 2 rings (SSSR count). The molecule has 1 heterocycles. The fourth-order valence-electron chi connectivity index (χ4n) is 1.76. The maximum atomic E-state index is 6.08. The number of nitrogens with zero attached hydrogens (tertiary/aromatic N) is 1. The summed E-state index contributed by atoms with van der Waals surface area (Å²) in [5.41, 5.74) is 8.89. The Morgan fingerprint density at radius 1 is 1.50 bits per heavy atom. The summed E-state index contributed by atoms with van der Waals surface area (Å²) in [5.74, 6) is 0.691. The lowest BCUT2D eigenvalue weighted by molar-refractivity contribution is 0.561. The predicted octanol–water partition coefficient (Wildman–Crippen LogP) is 1.75. The molecule has 16 heavy (non-hydrogen) atoms. The summed E-state index contributed by atoms with van der Waals surface area (Å²) in [7, 11) is 1.93. The van der Waals surface area contributed by atoms with Crippen molar-refractivity contribution < 1.29 is 4.42 Å². The summed E-state index contributed by atoms with van der Waals surface area (Å²) in [5, 5.41) is 3.10. The van der Waals surface area contributed by atoms with Crippen molar-refractivity contribution in [2.75, 3.05) is 13.6 Å². The van der Waals surface area contributed by atoms with Crippen molar-refractivity contribution >= 4 is 11.1 Å². The van der Waals surface area contributed by atoms with Gasteiger partial charge in [-0.3, -0.25) is 0 Å². The molecule has 0 amide bonds. The van der Waals surface area contributed by atoms with E-state index in [4.69, 9.17) is 10.2 Å². The summed E-state index contributed by atoms with van der Waals surface area (Å²) in [4.78, 5) is 4.30. The quantitative estimate of drug-likeness (QED) is 0.822. The van der Waals surface area contributed by atoms with Gasteiger partial charge >= 0.3 is 0 Å². The molecule has 0 saturated heterocycles. The number of hydrogen-bond acceptors (Lipinski definition) is 4. The molecule has 3 N–H and O–H groups in total. The molecule has 1 atom stereocenters. The van der Waals surface area contributed by atoms with Crippen molar-refractivity contribution in [3.8, 4) is 0 Å². The first-order valence-electron chi connectivity index (χ1n) is 5.48. The minimum absolute atomic E-state index is 0.0499. The summed E-state index contributed by atoms with van der Waals surface area (Å²) >= 11 is 0. The number of nitrogens with one attached hydrogen (secondary N) is 1. The van der Waals surface area contributed by atoms with Crippen LogP contribution in [0.5, 0.6) is 0 Å². The highest BCUT2D eigenvalue weighted by Crippen LogP contribution is 2.21. The van der Waals surface area contributed by atoms with Crippen LogP contribution < -0.4 is 11.1 Å². The predicted molar refractivity (Wildman–Crippen MR) is 64.2 cm³/mol. The molecule has 4 heteroatoms. The van der Waals surface area contributed by atoms with E-state index in [2.05, 4.69) is 10.3 Å². The molecule has 0 aliphatic carbocycles. The standard InChI is InChI=1S/C12H17N3O/c1-8-15-11-7-9(3-4-12(11)16-8)10(13)5-6-14-2/h3-4,7,10,14H,5-6,13H2,1-2H3. The Kier molecular flexibility index (Phi) is 3.22. The summed E-state index contributed by atoms with van der Waals surface area (Å²) < 4.78 is 5.42. The van der Waals surface area contributed by atoms with E-state index in [0.717, 1.165) is 29.6 Å². The van der Waals surface area contributed by atoms with Crippen molar-refractivity contribution in [2.45, 2.75) is 19.4 Å². The van der Waals surface area contributed by atoms with Crippen LogP contribution in [0.3, 0.4) is 0 Å². The molecular formula is C12H17N3O. The van der Waals surface area contributed by atoms with E-state index < -0.39 is 0 Å². The third-order valence-electron chi connectivity index (χ3n) is 2.65. The van der Waals surface area contributed by atoms with Crippen LogP contribution >= 0.6 is 0 Å². The summed E-state index contributed by atoms with van der Waals surface area (Å²) in [6, 6.07) is 6.00. The van der Waals surface area contributed by atoms with Gasteiger partial charge in [0.05, 0.1) is 0 Å². The normalized spacial score (nSPS) is 13.2. The van der Waals surface area contributed by atoms with Crippen molar-refractivity contribution in [3.05, 3.63) is 29.7 Å². The Labute approximate surface area is 94.8 Å². The molecule has 2 aromatic rings. The Bertz CT molecular complexity index is 478. The molecule has 0 fully saturated rings. The van der Waals surface area contributed by atoms with Gasteiger partial charge in [-0.05, 0) is 37.7 Å². The minimum Gasteiger partial charge on any atom is -0.441 e. The van der Waals surface area contributed by atoms with Gasteiger partial charge in [0.1, 0.15) is 5.52 Å². The highest BCUT2D eigenvalue weighted by Gasteiger charge is 2.08. The molecule has 1 aromatic heterocycles. The van der Waals surface area contributed by atoms with Gasteiger partial charge in [-0.1, -0.05) is 6.07 Å². The highest BCUT2D eigenvalue weighted by atomic mass is 16.3. The number of hydrogen-bond donors (Lipinski definition) is 2. The van der Waals surface area contributed by atoms with Gasteiger partial charge in [0.2, 0.25) is 0 Å². The first kappa shape index (κ1) is 11.1. The van der Waals surface area contributed by atoms with Gasteiger partial charge in [0.25, 0.3) is 0 Å². The molecule has 0 spiro atoms. The van der Waals surface area contributed by atoms with E-state index >= 15 is 0 Å². The molecule has 0 aliphatic rings. The fourth-order valence-corrected chi connectivity index (χ4v) is 1.76. The van der Waals surface area contributed by atoms with Crippen LogP contribution in [0.15, 0.2) is 22.6 Å². The molecule has 0 aliphatic heterocycles. The van der Waals surface area contributed by atoms with E-state index in [1.807, 2.05) is 32.2 Å². The van der Waals surface area contributed by atoms with Crippen LogP contribution in [0.2, 0.25) is 0 Å². The number of nitrogens with two attached hydrogens (primary N) is 1. The monoisotopic (exact) mass is 219 g/mol. The van der Waals surface area contributed by atoms with Crippen LogP contribution in [0.25, 0.3) is 11.1 Å². The zero-order valence-corrected chi connectivity index (χ0v) is 9.66. The lowest BCUT2D eigenvalue weighted by Gasteiger charge is -2.10. The lowest BCUT2D eigenvalue weighted by Crippen LogP contribution is -2.17. The van der Waals surface area contributed by atoms with Crippen molar-refractivity contribution in [1.82, 2.24) is 10.3 Å². The Hall–Kier alpha value is -1.39. The van der Waals surface area contributed by atoms with Crippen molar-refractivity contribution in [2.24, 2.45) is 5.73 Å². The summed E-state index contributed by atoms with van der Waals surface area (Å²) in [6.07, 6.45) is 0.916. The van der Waals surface area contributed by atoms with Gasteiger partial charge < -0.3 is 15.5 Å². The smallest absolute Gasteiger partial charge is 0.192 e. The van der Waals surface area contributed by atoms with Gasteiger partial charge in [-0.25, -0.2) is 4.98 Å². The lowest BCUT2D eigenvalue weighted by atomic mass is 10.0. The molecule has 86 valence electrons. The van der Waals surface area contributed by atoms with Crippen LogP contribution in [0, 0.1) is 6.92 Å². The first-order valence-corrected chi connectivity index (χ1v) is 5.48. The summed E-state index contributed by atoms with van der Waals surface area (Å²) in [6.45, 7) is 2.76. The molecule has 1 aromatic carbocycles. The number of oxazole rings is 1. The van der Waals surface area contributed by atoms with Gasteiger partial charge in [0.15, 0.2) is 11.5 Å². The zero-order chi connectivity index (χ0) is 11.5. The number of fused-ring (bicyclic) bond motifs is 1. The molecule has 0 radical (unpaired) electrons. The third kappa shape index (κ3) is 2.23. The largest absolute Gasteiger partial charge is 0.441 e. The van der Waals surface area contributed by atoms with Crippen LogP contribution in [-0.2, 0) is 0 Å². The minimum atomic E-state index is 0.0499. The second kappa shape index (κ2) is 4.63. The Balaban J connectivity index is 2.24. The third-order valence-corrected chi connectivity index (χ3v) is 2.65. The number of aryl methyl sites for hydroxylation is 1. The molecule has 0 saturated carbocycles. The number of rotatable bonds is 4. The zero-order valence-electron chi connectivity index (χ0n) is 9.66. The van der Waals surface area contributed by atoms with Crippen molar-refractivity contribution in [3.63, 3.8) is 0 Å². The van der Waals surface area contributed by atoms with Gasteiger partial charge in [0, 0.05) is 13.0 Å². The van der Waals surface area contributed by atoms with Crippen LogP contribution in [0.1, 0.15) is 23.9 Å². The van der Waals surface area contributed by atoms with Gasteiger partial charge in [-0.2, -0.15) is 0 Å². The van der Waals surface area contributed by atoms with E-state index in [-0.39, 0.29) is 6.04 Å². The average molecular weight is 219 g/mol. The van der Waals surface area contributed by atoms with E-state index in [0.29, 0.717) is 5.89 Å². The van der Waals surface area contributed by atoms with Crippen LogP contribution in [-0.4, -0.2) is 18.6 Å². The van der Waals surface area contributed by atoms with E-state index in [1.54, 1.807) is 0 Å². The molecular weight excluding hydrogens is 202 g/mol. The second-order valence-corrected chi connectivity index (χ2v) is 3.96. The van der Waals surface area contributed by atoms with Gasteiger partial charge in [-0.15, -0.1) is 0 Å². The maximum Gasteiger partial charge on any atom is 0.192 e. The van der Waals surface area contributed by atoms with Crippen molar-refractivity contribution in [1.29, 1.82) is 0 Å². The van der Waals surface area contributed by atoms with Crippen LogP contribution in [0.4, 0.5) is 0 Å². The number of benzene rings is 1. The molecule has 0 bridgehead atoms.